The fraction of sp³-hybridized carbons (Fsp3) is 0.0667. The minimum Gasteiger partial charge on any atom is -0.340 e. The standard InChI is InChI=1S/C15H10FN3OS/c1-2-7-17-14(20)13-9-21-15-18-12(8-19(13)15)10-3-5-11(16)6-4-10/h1,3-6,8-9H,7H2,(H,17,20). The predicted octanol–water partition coefficient (Wildman–Crippen LogP) is 2.56. The van der Waals surface area contributed by atoms with E-state index in [0.717, 1.165) is 5.56 Å². The lowest BCUT2D eigenvalue weighted by Crippen LogP contribution is -2.24. The van der Waals surface area contributed by atoms with Gasteiger partial charge < -0.3 is 5.32 Å². The van der Waals surface area contributed by atoms with E-state index in [9.17, 15) is 9.18 Å². The molecule has 1 aromatic carbocycles. The monoisotopic (exact) mass is 299 g/mol. The molecule has 0 aliphatic heterocycles. The van der Waals surface area contributed by atoms with E-state index in [-0.39, 0.29) is 18.3 Å². The summed E-state index contributed by atoms with van der Waals surface area (Å²) in [5, 5.41) is 4.34. The number of hydrogen-bond donors (Lipinski definition) is 1. The smallest absolute Gasteiger partial charge is 0.269 e. The van der Waals surface area contributed by atoms with E-state index in [1.54, 1.807) is 28.1 Å². The Bertz CT molecular complexity index is 842. The van der Waals surface area contributed by atoms with Crippen molar-refractivity contribution in [3.05, 3.63) is 47.4 Å². The molecule has 1 amide bonds. The topological polar surface area (TPSA) is 46.4 Å². The second-order valence-electron chi connectivity index (χ2n) is 4.29. The summed E-state index contributed by atoms with van der Waals surface area (Å²) in [6.45, 7) is 0.176. The van der Waals surface area contributed by atoms with Crippen LogP contribution in [0.15, 0.2) is 35.8 Å². The number of terminal acetylenes is 1. The summed E-state index contributed by atoms with van der Waals surface area (Å²) >= 11 is 1.36. The zero-order valence-corrected chi connectivity index (χ0v) is 11.7. The lowest BCUT2D eigenvalue weighted by Gasteiger charge is -1.99. The summed E-state index contributed by atoms with van der Waals surface area (Å²) in [5.41, 5.74) is 1.96. The highest BCUT2D eigenvalue weighted by molar-refractivity contribution is 7.15. The fourth-order valence-electron chi connectivity index (χ4n) is 1.93. The summed E-state index contributed by atoms with van der Waals surface area (Å²) in [7, 11) is 0. The molecule has 104 valence electrons. The summed E-state index contributed by atoms with van der Waals surface area (Å²) in [4.78, 5) is 17.1. The maximum Gasteiger partial charge on any atom is 0.269 e. The van der Waals surface area contributed by atoms with Gasteiger partial charge in [0.2, 0.25) is 0 Å². The van der Waals surface area contributed by atoms with Gasteiger partial charge in [-0.05, 0) is 24.3 Å². The molecule has 6 heteroatoms. The Kier molecular flexibility index (Phi) is 3.42. The lowest BCUT2D eigenvalue weighted by molar-refractivity contribution is 0.0953. The van der Waals surface area contributed by atoms with Crippen LogP contribution < -0.4 is 5.32 Å². The molecule has 0 atom stereocenters. The lowest BCUT2D eigenvalue weighted by atomic mass is 10.2. The van der Waals surface area contributed by atoms with Gasteiger partial charge in [0, 0.05) is 17.1 Å². The number of amides is 1. The minimum atomic E-state index is -0.297. The van der Waals surface area contributed by atoms with Crippen molar-refractivity contribution < 1.29 is 9.18 Å². The summed E-state index contributed by atoms with van der Waals surface area (Å²) in [6, 6.07) is 6.06. The number of carbonyl (C=O) groups excluding carboxylic acids is 1. The maximum atomic E-state index is 12.9. The van der Waals surface area contributed by atoms with Gasteiger partial charge in [0.1, 0.15) is 11.5 Å². The van der Waals surface area contributed by atoms with E-state index < -0.39 is 0 Å². The van der Waals surface area contributed by atoms with E-state index in [1.165, 1.54) is 23.5 Å². The van der Waals surface area contributed by atoms with Gasteiger partial charge in [0.05, 0.1) is 12.2 Å². The van der Waals surface area contributed by atoms with Crippen molar-refractivity contribution in [1.29, 1.82) is 0 Å². The number of carbonyl (C=O) groups is 1. The van der Waals surface area contributed by atoms with Gasteiger partial charge in [-0.1, -0.05) is 5.92 Å². The third kappa shape index (κ3) is 2.51. The van der Waals surface area contributed by atoms with Crippen LogP contribution in [0, 0.1) is 18.2 Å². The molecule has 2 aromatic heterocycles. The first-order valence-corrected chi connectivity index (χ1v) is 7.01. The van der Waals surface area contributed by atoms with Crippen LogP contribution in [-0.4, -0.2) is 21.8 Å². The number of nitrogens with one attached hydrogen (secondary N) is 1. The Morgan fingerprint density at radius 1 is 1.43 bits per heavy atom. The second kappa shape index (κ2) is 5.38. The molecule has 21 heavy (non-hydrogen) atoms. The molecule has 0 aliphatic rings. The zero-order valence-electron chi connectivity index (χ0n) is 10.8. The van der Waals surface area contributed by atoms with Crippen LogP contribution in [0.3, 0.4) is 0 Å². The van der Waals surface area contributed by atoms with Gasteiger partial charge in [0.15, 0.2) is 4.96 Å². The Morgan fingerprint density at radius 2 is 2.19 bits per heavy atom. The molecule has 3 rings (SSSR count). The first kappa shape index (κ1) is 13.3. The maximum absolute atomic E-state index is 12.9. The van der Waals surface area contributed by atoms with Crippen LogP contribution in [0.2, 0.25) is 0 Å². The Hall–Kier alpha value is -2.65. The number of hydrogen-bond acceptors (Lipinski definition) is 3. The number of aromatic nitrogens is 2. The van der Waals surface area contributed by atoms with E-state index in [4.69, 9.17) is 6.42 Å². The SMILES string of the molecule is C#CCNC(=O)c1csc2nc(-c3ccc(F)cc3)cn12. The predicted molar refractivity (Wildman–Crippen MR) is 79.6 cm³/mol. The van der Waals surface area contributed by atoms with Crippen LogP contribution in [0.5, 0.6) is 0 Å². The van der Waals surface area contributed by atoms with Crippen molar-refractivity contribution in [2.24, 2.45) is 0 Å². The molecule has 1 N–H and O–H groups in total. The van der Waals surface area contributed by atoms with E-state index in [1.807, 2.05) is 0 Å². The number of fused-ring (bicyclic) bond motifs is 1. The third-order valence-electron chi connectivity index (χ3n) is 2.93. The van der Waals surface area contributed by atoms with Crippen LogP contribution >= 0.6 is 11.3 Å². The molecule has 3 aromatic rings. The van der Waals surface area contributed by atoms with Gasteiger partial charge in [-0.2, -0.15) is 0 Å². The zero-order chi connectivity index (χ0) is 14.8. The number of rotatable bonds is 3. The average Bonchev–Trinajstić information content (AvgIpc) is 3.05. The summed E-state index contributed by atoms with van der Waals surface area (Å²) in [5.74, 6) is 1.81. The molecule has 2 heterocycles. The molecule has 0 spiro atoms. The fourth-order valence-corrected chi connectivity index (χ4v) is 2.78. The van der Waals surface area contributed by atoms with Gasteiger partial charge in [-0.3, -0.25) is 9.20 Å². The number of thiazole rings is 1. The molecule has 0 fully saturated rings. The highest BCUT2D eigenvalue weighted by Gasteiger charge is 2.14. The molecule has 0 saturated heterocycles. The second-order valence-corrected chi connectivity index (χ2v) is 5.13. The van der Waals surface area contributed by atoms with Crippen molar-refractivity contribution >= 4 is 22.2 Å². The van der Waals surface area contributed by atoms with Gasteiger partial charge in [-0.15, -0.1) is 17.8 Å². The van der Waals surface area contributed by atoms with Crippen LogP contribution in [0.4, 0.5) is 4.39 Å². The molecule has 0 bridgehead atoms. The first-order chi connectivity index (χ1) is 10.2. The van der Waals surface area contributed by atoms with Crippen molar-refractivity contribution in [3.8, 4) is 23.6 Å². The van der Waals surface area contributed by atoms with Crippen molar-refractivity contribution in [3.63, 3.8) is 0 Å². The highest BCUT2D eigenvalue weighted by atomic mass is 32.1. The van der Waals surface area contributed by atoms with Crippen molar-refractivity contribution in [2.75, 3.05) is 6.54 Å². The van der Waals surface area contributed by atoms with Crippen molar-refractivity contribution in [2.45, 2.75) is 0 Å². The Balaban J connectivity index is 1.98. The molecule has 0 saturated carbocycles. The first-order valence-electron chi connectivity index (χ1n) is 6.13. The number of nitrogens with zero attached hydrogens (tertiary/aromatic N) is 2. The molecule has 0 radical (unpaired) electrons. The minimum absolute atomic E-state index is 0.176. The highest BCUT2D eigenvalue weighted by Crippen LogP contribution is 2.23. The number of halogens is 1. The quantitative estimate of drug-likeness (QED) is 0.756. The van der Waals surface area contributed by atoms with E-state index in [0.29, 0.717) is 16.3 Å². The molecule has 0 unspecified atom stereocenters. The van der Waals surface area contributed by atoms with Crippen LogP contribution in [0.1, 0.15) is 10.5 Å². The van der Waals surface area contributed by atoms with E-state index >= 15 is 0 Å². The van der Waals surface area contributed by atoms with Gasteiger partial charge in [0.25, 0.3) is 5.91 Å². The Morgan fingerprint density at radius 3 is 2.90 bits per heavy atom. The Labute approximate surface area is 124 Å². The molecular weight excluding hydrogens is 289 g/mol. The molecule has 0 aliphatic carbocycles. The molecule has 4 nitrogen and oxygen atoms in total. The van der Waals surface area contributed by atoms with E-state index in [2.05, 4.69) is 16.2 Å². The number of imidazole rings is 1. The van der Waals surface area contributed by atoms with Crippen LogP contribution in [-0.2, 0) is 0 Å². The molecular formula is C15H10FN3OS. The van der Waals surface area contributed by atoms with Crippen LogP contribution in [0.25, 0.3) is 16.2 Å². The summed E-state index contributed by atoms with van der Waals surface area (Å²) < 4.78 is 14.6. The van der Waals surface area contributed by atoms with Crippen molar-refractivity contribution in [1.82, 2.24) is 14.7 Å². The average molecular weight is 299 g/mol. The largest absolute Gasteiger partial charge is 0.340 e. The normalized spacial score (nSPS) is 10.5. The van der Waals surface area contributed by atoms with Gasteiger partial charge in [-0.25, -0.2) is 9.37 Å². The van der Waals surface area contributed by atoms with Gasteiger partial charge >= 0.3 is 0 Å². The summed E-state index contributed by atoms with van der Waals surface area (Å²) in [6.07, 6.45) is 6.88. The number of benzene rings is 1. The third-order valence-corrected chi connectivity index (χ3v) is 3.77.